The fourth-order valence-corrected chi connectivity index (χ4v) is 4.13. The summed E-state index contributed by atoms with van der Waals surface area (Å²) < 4.78 is 39.9. The molecule has 2 unspecified atom stereocenters. The van der Waals surface area contributed by atoms with Crippen LogP contribution in [-0.2, 0) is 14.8 Å². The number of aliphatic carboxylic acids is 1. The third kappa shape index (κ3) is 3.59. The summed E-state index contributed by atoms with van der Waals surface area (Å²) in [5, 5.41) is 9.09. The topological polar surface area (TPSA) is 83.5 Å². The molecule has 1 aromatic rings. The quantitative estimate of drug-likeness (QED) is 0.869. The molecule has 0 heterocycles. The van der Waals surface area contributed by atoms with Crippen molar-refractivity contribution in [3.8, 4) is 0 Å². The summed E-state index contributed by atoms with van der Waals surface area (Å²) >= 11 is 0. The number of carboxylic acid groups (broad SMARTS) is 1. The first kappa shape index (κ1) is 15.9. The first-order valence-electron chi connectivity index (χ1n) is 6.80. The molecule has 1 fully saturated rings. The molecule has 2 rings (SSSR count). The van der Waals surface area contributed by atoms with E-state index in [0.717, 1.165) is 18.6 Å². The van der Waals surface area contributed by atoms with E-state index >= 15 is 0 Å². The Hall–Kier alpha value is -1.47. The van der Waals surface area contributed by atoms with E-state index in [9.17, 15) is 17.6 Å². The molecule has 1 aliphatic carbocycles. The zero-order chi connectivity index (χ0) is 15.6. The average Bonchev–Trinajstić information content (AvgIpc) is 2.84. The maximum absolute atomic E-state index is 13.0. The number of carbonyl (C=O) groups is 1. The van der Waals surface area contributed by atoms with Gasteiger partial charge in [0.25, 0.3) is 0 Å². The van der Waals surface area contributed by atoms with Crippen LogP contribution in [0.25, 0.3) is 0 Å². The minimum Gasteiger partial charge on any atom is -0.481 e. The average molecular weight is 315 g/mol. The molecular weight excluding hydrogens is 297 g/mol. The molecule has 0 bridgehead atoms. The monoisotopic (exact) mass is 315 g/mol. The van der Waals surface area contributed by atoms with Crippen molar-refractivity contribution in [2.24, 2.45) is 11.8 Å². The van der Waals surface area contributed by atoms with Crippen LogP contribution in [0.1, 0.15) is 24.8 Å². The van der Waals surface area contributed by atoms with Crippen molar-refractivity contribution >= 4 is 16.0 Å². The lowest BCUT2D eigenvalue weighted by atomic mass is 9.97. The van der Waals surface area contributed by atoms with Crippen LogP contribution in [0.4, 0.5) is 4.39 Å². The van der Waals surface area contributed by atoms with Crippen molar-refractivity contribution in [3.05, 3.63) is 29.6 Å². The summed E-state index contributed by atoms with van der Waals surface area (Å²) in [4.78, 5) is 11.1. The highest BCUT2D eigenvalue weighted by atomic mass is 32.2. The number of rotatable bonds is 5. The zero-order valence-corrected chi connectivity index (χ0v) is 12.5. The highest BCUT2D eigenvalue weighted by molar-refractivity contribution is 7.89. The largest absolute Gasteiger partial charge is 0.481 e. The standard InChI is InChI=1S/C14H18FNO4S/c1-9-7-11(15)5-6-13(9)21(19,20)16-8-10-3-2-4-12(10)14(17)18/h5-7,10,12,16H,2-4,8H2,1H3,(H,17,18). The van der Waals surface area contributed by atoms with E-state index in [1.165, 1.54) is 13.0 Å². The summed E-state index contributed by atoms with van der Waals surface area (Å²) in [7, 11) is -3.75. The normalized spacial score (nSPS) is 22.4. The minimum absolute atomic E-state index is 0.0220. The molecule has 0 aliphatic heterocycles. The summed E-state index contributed by atoms with van der Waals surface area (Å²) in [6.45, 7) is 1.61. The van der Waals surface area contributed by atoms with Gasteiger partial charge in [0.1, 0.15) is 5.82 Å². The van der Waals surface area contributed by atoms with Gasteiger partial charge in [-0.2, -0.15) is 0 Å². The zero-order valence-electron chi connectivity index (χ0n) is 11.7. The Labute approximate surface area is 123 Å². The second-order valence-electron chi connectivity index (χ2n) is 5.40. The summed E-state index contributed by atoms with van der Waals surface area (Å²) in [5.74, 6) is -2.07. The van der Waals surface area contributed by atoms with Gasteiger partial charge in [0.15, 0.2) is 0 Å². The van der Waals surface area contributed by atoms with Crippen molar-refractivity contribution in [2.75, 3.05) is 6.54 Å². The van der Waals surface area contributed by atoms with Crippen LogP contribution in [0.2, 0.25) is 0 Å². The van der Waals surface area contributed by atoms with Gasteiger partial charge in [-0.25, -0.2) is 17.5 Å². The predicted molar refractivity (Wildman–Crippen MR) is 74.8 cm³/mol. The molecule has 116 valence electrons. The van der Waals surface area contributed by atoms with Crippen LogP contribution in [0.5, 0.6) is 0 Å². The summed E-state index contributed by atoms with van der Waals surface area (Å²) in [5.41, 5.74) is 0.323. The number of nitrogens with one attached hydrogen (secondary N) is 1. The van der Waals surface area contributed by atoms with E-state index in [1.807, 2.05) is 0 Å². The lowest BCUT2D eigenvalue weighted by molar-refractivity contribution is -0.142. The number of halogens is 1. The lowest BCUT2D eigenvalue weighted by Crippen LogP contribution is -2.33. The molecule has 1 saturated carbocycles. The molecule has 1 aliphatic rings. The second-order valence-corrected chi connectivity index (χ2v) is 7.13. The maximum atomic E-state index is 13.0. The lowest BCUT2D eigenvalue weighted by Gasteiger charge is -2.17. The van der Waals surface area contributed by atoms with Gasteiger partial charge in [-0.1, -0.05) is 6.42 Å². The highest BCUT2D eigenvalue weighted by Gasteiger charge is 2.33. The van der Waals surface area contributed by atoms with E-state index in [4.69, 9.17) is 5.11 Å². The molecule has 0 amide bonds. The molecule has 0 radical (unpaired) electrons. The predicted octanol–water partition coefficient (Wildman–Crippen LogP) is 1.91. The number of benzene rings is 1. The molecule has 2 atom stereocenters. The molecular formula is C14H18FNO4S. The van der Waals surface area contributed by atoms with Crippen molar-refractivity contribution in [1.82, 2.24) is 4.72 Å². The Kier molecular flexibility index (Phi) is 4.63. The van der Waals surface area contributed by atoms with Gasteiger partial charge < -0.3 is 5.11 Å². The third-order valence-corrected chi connectivity index (χ3v) is 5.52. The van der Waals surface area contributed by atoms with Gasteiger partial charge in [0, 0.05) is 6.54 Å². The van der Waals surface area contributed by atoms with Gasteiger partial charge in [-0.05, 0) is 49.4 Å². The van der Waals surface area contributed by atoms with Crippen LogP contribution in [-0.4, -0.2) is 26.0 Å². The van der Waals surface area contributed by atoms with E-state index in [2.05, 4.69) is 4.72 Å². The van der Waals surface area contributed by atoms with Crippen LogP contribution < -0.4 is 4.72 Å². The fourth-order valence-electron chi connectivity index (χ4n) is 2.82. The van der Waals surface area contributed by atoms with Crippen LogP contribution in [0.3, 0.4) is 0 Å². The number of carboxylic acids is 1. The van der Waals surface area contributed by atoms with Crippen LogP contribution in [0.15, 0.2) is 23.1 Å². The smallest absolute Gasteiger partial charge is 0.306 e. The molecule has 0 aromatic heterocycles. The molecule has 21 heavy (non-hydrogen) atoms. The summed E-state index contributed by atoms with van der Waals surface area (Å²) in [6, 6.07) is 3.47. The number of hydrogen-bond acceptors (Lipinski definition) is 3. The number of hydrogen-bond donors (Lipinski definition) is 2. The number of aryl methyl sites for hydroxylation is 1. The molecule has 7 heteroatoms. The fraction of sp³-hybridized carbons (Fsp3) is 0.500. The van der Waals surface area contributed by atoms with Crippen molar-refractivity contribution in [1.29, 1.82) is 0 Å². The molecule has 0 saturated heterocycles. The van der Waals surface area contributed by atoms with E-state index in [-0.39, 0.29) is 17.4 Å². The van der Waals surface area contributed by atoms with E-state index in [1.54, 1.807) is 0 Å². The van der Waals surface area contributed by atoms with Crippen molar-refractivity contribution in [2.45, 2.75) is 31.1 Å². The Morgan fingerprint density at radius 2 is 2.14 bits per heavy atom. The molecule has 0 spiro atoms. The molecule has 5 nitrogen and oxygen atoms in total. The minimum atomic E-state index is -3.75. The van der Waals surface area contributed by atoms with E-state index < -0.39 is 27.7 Å². The Morgan fingerprint density at radius 1 is 1.43 bits per heavy atom. The Bertz CT molecular complexity index is 644. The maximum Gasteiger partial charge on any atom is 0.306 e. The first-order valence-corrected chi connectivity index (χ1v) is 8.28. The van der Waals surface area contributed by atoms with Gasteiger partial charge in [-0.3, -0.25) is 4.79 Å². The van der Waals surface area contributed by atoms with Crippen molar-refractivity contribution < 1.29 is 22.7 Å². The molecule has 2 N–H and O–H groups in total. The van der Waals surface area contributed by atoms with Gasteiger partial charge in [0.2, 0.25) is 10.0 Å². The third-order valence-electron chi connectivity index (χ3n) is 3.94. The number of sulfonamides is 1. The van der Waals surface area contributed by atoms with Gasteiger partial charge in [0.05, 0.1) is 10.8 Å². The second kappa shape index (κ2) is 6.11. The van der Waals surface area contributed by atoms with Gasteiger partial charge >= 0.3 is 5.97 Å². The Balaban J connectivity index is 2.09. The van der Waals surface area contributed by atoms with Gasteiger partial charge in [-0.15, -0.1) is 0 Å². The van der Waals surface area contributed by atoms with Crippen LogP contribution >= 0.6 is 0 Å². The SMILES string of the molecule is Cc1cc(F)ccc1S(=O)(=O)NCC1CCCC1C(=O)O. The highest BCUT2D eigenvalue weighted by Crippen LogP contribution is 2.31. The van der Waals surface area contributed by atoms with E-state index in [0.29, 0.717) is 18.4 Å². The Morgan fingerprint density at radius 3 is 2.76 bits per heavy atom. The van der Waals surface area contributed by atoms with Crippen molar-refractivity contribution in [3.63, 3.8) is 0 Å². The van der Waals surface area contributed by atoms with Crippen LogP contribution in [0, 0.1) is 24.6 Å². The first-order chi connectivity index (χ1) is 9.81. The molecule has 1 aromatic carbocycles. The summed E-state index contributed by atoms with van der Waals surface area (Å²) in [6.07, 6.45) is 2.07.